The molecule has 18 heavy (non-hydrogen) atoms. The molecule has 2 aliphatic heterocycles. The van der Waals surface area contributed by atoms with Crippen molar-refractivity contribution in [3.05, 3.63) is 0 Å². The second-order valence-electron chi connectivity index (χ2n) is 5.19. The third kappa shape index (κ3) is 4.26. The summed E-state index contributed by atoms with van der Waals surface area (Å²) in [6.45, 7) is 7.01. The van der Waals surface area contributed by atoms with Crippen LogP contribution in [-0.2, 0) is 4.79 Å². The number of piperidine rings is 1. The highest BCUT2D eigenvalue weighted by Crippen LogP contribution is 2.17. The first kappa shape index (κ1) is 18.0. The van der Waals surface area contributed by atoms with Crippen molar-refractivity contribution in [2.75, 3.05) is 39.8 Å². The second kappa shape index (κ2) is 8.20. The summed E-state index contributed by atoms with van der Waals surface area (Å²) in [6, 6.07) is 0.369. The van der Waals surface area contributed by atoms with Gasteiger partial charge in [0.2, 0.25) is 5.91 Å². The van der Waals surface area contributed by atoms with Crippen LogP contribution in [-0.4, -0.2) is 61.5 Å². The van der Waals surface area contributed by atoms with Gasteiger partial charge < -0.3 is 15.1 Å². The molecular formula is C12H25Cl2N3O. The average molecular weight is 298 g/mol. The van der Waals surface area contributed by atoms with Crippen molar-refractivity contribution in [1.29, 1.82) is 0 Å². The molecule has 0 spiro atoms. The number of halogens is 2. The van der Waals surface area contributed by atoms with Crippen molar-refractivity contribution in [2.24, 2.45) is 5.92 Å². The highest BCUT2D eigenvalue weighted by Gasteiger charge is 2.31. The van der Waals surface area contributed by atoms with Crippen molar-refractivity contribution in [1.82, 2.24) is 15.1 Å². The van der Waals surface area contributed by atoms with Gasteiger partial charge in [-0.05, 0) is 33.4 Å². The Morgan fingerprint density at radius 3 is 2.56 bits per heavy atom. The highest BCUT2D eigenvalue weighted by molar-refractivity contribution is 5.85. The molecule has 2 saturated heterocycles. The van der Waals surface area contributed by atoms with Crippen LogP contribution in [0.5, 0.6) is 0 Å². The largest absolute Gasteiger partial charge is 0.337 e. The predicted octanol–water partition coefficient (Wildman–Crippen LogP) is 0.992. The Balaban J connectivity index is 0.00000144. The van der Waals surface area contributed by atoms with Gasteiger partial charge in [-0.3, -0.25) is 4.79 Å². The number of likely N-dealkylation sites (N-methyl/N-ethyl adjacent to an activating group) is 1. The number of carbonyl (C=O) groups excluding carboxylic acids is 1. The first-order valence-corrected chi connectivity index (χ1v) is 6.38. The van der Waals surface area contributed by atoms with Gasteiger partial charge in [0.1, 0.15) is 0 Å². The smallest absolute Gasteiger partial charge is 0.227 e. The highest BCUT2D eigenvalue weighted by atomic mass is 35.5. The van der Waals surface area contributed by atoms with E-state index in [1.165, 1.54) is 0 Å². The number of piperazine rings is 1. The fourth-order valence-electron chi connectivity index (χ4n) is 2.76. The molecule has 2 rings (SSSR count). The second-order valence-corrected chi connectivity index (χ2v) is 5.19. The van der Waals surface area contributed by atoms with E-state index in [9.17, 15) is 4.79 Å². The fraction of sp³-hybridized carbons (Fsp3) is 0.917. The lowest BCUT2D eigenvalue weighted by Gasteiger charge is -2.40. The van der Waals surface area contributed by atoms with Crippen molar-refractivity contribution < 1.29 is 4.79 Å². The van der Waals surface area contributed by atoms with E-state index >= 15 is 0 Å². The maximum Gasteiger partial charge on any atom is 0.227 e. The Hall–Kier alpha value is -0.0300. The van der Waals surface area contributed by atoms with E-state index in [0.29, 0.717) is 11.9 Å². The van der Waals surface area contributed by atoms with Crippen LogP contribution in [0.4, 0.5) is 0 Å². The molecule has 0 aromatic heterocycles. The Morgan fingerprint density at radius 2 is 2.00 bits per heavy atom. The van der Waals surface area contributed by atoms with E-state index in [1.807, 2.05) is 0 Å². The van der Waals surface area contributed by atoms with Gasteiger partial charge in [-0.15, -0.1) is 24.8 Å². The molecule has 0 aliphatic carbocycles. The summed E-state index contributed by atoms with van der Waals surface area (Å²) in [5.74, 6) is 0.590. The van der Waals surface area contributed by atoms with Crippen LogP contribution < -0.4 is 5.32 Å². The molecule has 1 N–H and O–H groups in total. The van der Waals surface area contributed by atoms with E-state index in [-0.39, 0.29) is 30.7 Å². The lowest BCUT2D eigenvalue weighted by molar-refractivity contribution is -0.140. The molecule has 2 heterocycles. The number of nitrogens with zero attached hydrogens (tertiary/aromatic N) is 2. The minimum atomic E-state index is 0. The number of carbonyl (C=O) groups is 1. The first-order chi connectivity index (χ1) is 7.68. The predicted molar refractivity (Wildman–Crippen MR) is 78.8 cm³/mol. The molecular weight excluding hydrogens is 273 g/mol. The van der Waals surface area contributed by atoms with Crippen LogP contribution in [0.2, 0.25) is 0 Å². The van der Waals surface area contributed by atoms with E-state index in [0.717, 1.165) is 45.6 Å². The summed E-state index contributed by atoms with van der Waals surface area (Å²) in [4.78, 5) is 16.7. The zero-order valence-corrected chi connectivity index (χ0v) is 12.9. The Bertz CT molecular complexity index is 260. The molecule has 0 aromatic carbocycles. The van der Waals surface area contributed by atoms with Gasteiger partial charge in [0, 0.05) is 32.2 Å². The first-order valence-electron chi connectivity index (χ1n) is 6.38. The molecule has 0 aromatic rings. The number of hydrogen-bond donors (Lipinski definition) is 1. The minimum absolute atomic E-state index is 0. The summed E-state index contributed by atoms with van der Waals surface area (Å²) < 4.78 is 0. The van der Waals surface area contributed by atoms with Gasteiger partial charge in [-0.2, -0.15) is 0 Å². The third-order valence-corrected chi connectivity index (χ3v) is 3.76. The van der Waals surface area contributed by atoms with Gasteiger partial charge in [-0.25, -0.2) is 0 Å². The van der Waals surface area contributed by atoms with Crippen LogP contribution in [0.1, 0.15) is 19.8 Å². The van der Waals surface area contributed by atoms with Crippen LogP contribution in [0.25, 0.3) is 0 Å². The SMILES string of the molecule is CC1CN(C)CCN1C(=O)[C@@H]1CCCNC1.Cl.Cl. The number of nitrogens with one attached hydrogen (secondary N) is 1. The molecule has 2 aliphatic rings. The quantitative estimate of drug-likeness (QED) is 0.784. The van der Waals surface area contributed by atoms with Gasteiger partial charge in [0.05, 0.1) is 5.92 Å². The van der Waals surface area contributed by atoms with Crippen molar-refractivity contribution in [3.8, 4) is 0 Å². The van der Waals surface area contributed by atoms with E-state index in [4.69, 9.17) is 0 Å². The standard InChI is InChI=1S/C12H23N3O.2ClH/c1-10-9-14(2)6-7-15(10)12(16)11-4-3-5-13-8-11;;/h10-11,13H,3-9H2,1-2H3;2*1H/t10?,11-;;/m1../s1. The molecule has 6 heteroatoms. The monoisotopic (exact) mass is 297 g/mol. The summed E-state index contributed by atoms with van der Waals surface area (Å²) in [5, 5.41) is 3.32. The molecule has 2 atom stereocenters. The van der Waals surface area contributed by atoms with Gasteiger partial charge in [0.15, 0.2) is 0 Å². The maximum absolute atomic E-state index is 12.3. The van der Waals surface area contributed by atoms with Crippen LogP contribution in [0.15, 0.2) is 0 Å². The number of amides is 1. The molecule has 0 saturated carbocycles. The number of rotatable bonds is 1. The summed E-state index contributed by atoms with van der Waals surface area (Å²) >= 11 is 0. The topological polar surface area (TPSA) is 35.6 Å². The van der Waals surface area contributed by atoms with Crippen LogP contribution in [0, 0.1) is 5.92 Å². The average Bonchev–Trinajstić information content (AvgIpc) is 2.29. The maximum atomic E-state index is 12.3. The fourth-order valence-corrected chi connectivity index (χ4v) is 2.76. The molecule has 0 radical (unpaired) electrons. The third-order valence-electron chi connectivity index (χ3n) is 3.76. The molecule has 0 bridgehead atoms. The van der Waals surface area contributed by atoms with Crippen LogP contribution >= 0.6 is 24.8 Å². The molecule has 4 nitrogen and oxygen atoms in total. The number of hydrogen-bond acceptors (Lipinski definition) is 3. The van der Waals surface area contributed by atoms with Crippen LogP contribution in [0.3, 0.4) is 0 Å². The lowest BCUT2D eigenvalue weighted by Crippen LogP contribution is -2.55. The summed E-state index contributed by atoms with van der Waals surface area (Å²) in [7, 11) is 2.13. The molecule has 1 unspecified atom stereocenters. The van der Waals surface area contributed by atoms with E-state index in [1.54, 1.807) is 0 Å². The Labute approximate surface area is 122 Å². The van der Waals surface area contributed by atoms with E-state index in [2.05, 4.69) is 29.1 Å². The van der Waals surface area contributed by atoms with E-state index < -0.39 is 0 Å². The van der Waals surface area contributed by atoms with Crippen molar-refractivity contribution in [3.63, 3.8) is 0 Å². The molecule has 108 valence electrons. The van der Waals surface area contributed by atoms with Crippen molar-refractivity contribution >= 4 is 30.7 Å². The zero-order valence-electron chi connectivity index (χ0n) is 11.2. The molecule has 2 fully saturated rings. The zero-order chi connectivity index (χ0) is 11.5. The lowest BCUT2D eigenvalue weighted by atomic mass is 9.97. The Morgan fingerprint density at radius 1 is 1.28 bits per heavy atom. The van der Waals surface area contributed by atoms with Gasteiger partial charge in [0.25, 0.3) is 0 Å². The van der Waals surface area contributed by atoms with Crippen molar-refractivity contribution in [2.45, 2.75) is 25.8 Å². The molecule has 1 amide bonds. The Kier molecular flexibility index (Phi) is 8.19. The summed E-state index contributed by atoms with van der Waals surface area (Å²) in [5.41, 5.74) is 0. The minimum Gasteiger partial charge on any atom is -0.337 e. The van der Waals surface area contributed by atoms with Gasteiger partial charge >= 0.3 is 0 Å². The normalized spacial score (nSPS) is 29.1. The summed E-state index contributed by atoms with van der Waals surface area (Å²) in [6.07, 6.45) is 2.20. The van der Waals surface area contributed by atoms with Gasteiger partial charge in [-0.1, -0.05) is 0 Å².